The molecule has 7 heteroatoms. The van der Waals surface area contributed by atoms with E-state index in [2.05, 4.69) is 5.32 Å². The van der Waals surface area contributed by atoms with E-state index >= 15 is 0 Å². The first kappa shape index (κ1) is 20.9. The van der Waals surface area contributed by atoms with Crippen molar-refractivity contribution in [2.45, 2.75) is 51.0 Å². The Bertz CT molecular complexity index is 648. The fourth-order valence-electron chi connectivity index (χ4n) is 2.80. The van der Waals surface area contributed by atoms with Gasteiger partial charge >= 0.3 is 6.09 Å². The molecule has 1 aromatic rings. The van der Waals surface area contributed by atoms with Crippen molar-refractivity contribution in [2.75, 3.05) is 18.8 Å². The molecular weight excluding hydrogens is 372 g/mol. The van der Waals surface area contributed by atoms with Gasteiger partial charge in [0.25, 0.3) is 0 Å². The van der Waals surface area contributed by atoms with Gasteiger partial charge in [-0.2, -0.15) is 11.8 Å². The lowest BCUT2D eigenvalue weighted by Crippen LogP contribution is -2.48. The molecule has 0 aromatic heterocycles. The maximum atomic E-state index is 12.7. The second-order valence-electron chi connectivity index (χ2n) is 7.36. The molecule has 1 aliphatic heterocycles. The lowest BCUT2D eigenvalue weighted by molar-refractivity contribution is -0.132. The molecule has 0 bridgehead atoms. The number of carbonyl (C=O) groups is 2. The van der Waals surface area contributed by atoms with Crippen molar-refractivity contribution < 1.29 is 14.3 Å². The molecule has 1 saturated heterocycles. The van der Waals surface area contributed by atoms with Crippen LogP contribution >= 0.6 is 23.4 Å². The van der Waals surface area contributed by atoms with Crippen LogP contribution in [-0.4, -0.2) is 47.4 Å². The highest BCUT2D eigenvalue weighted by Crippen LogP contribution is 2.37. The van der Waals surface area contributed by atoms with Gasteiger partial charge in [0, 0.05) is 29.1 Å². The number of amides is 2. The van der Waals surface area contributed by atoms with E-state index in [0.29, 0.717) is 13.1 Å². The van der Waals surface area contributed by atoms with Gasteiger partial charge < -0.3 is 15.0 Å². The average molecular weight is 399 g/mol. The zero-order chi connectivity index (χ0) is 19.3. The largest absolute Gasteiger partial charge is 0.444 e. The Labute approximate surface area is 164 Å². The summed E-state index contributed by atoms with van der Waals surface area (Å²) in [7, 11) is 0. The summed E-state index contributed by atoms with van der Waals surface area (Å²) >= 11 is 8.13. The van der Waals surface area contributed by atoms with Crippen molar-refractivity contribution in [3.8, 4) is 0 Å². The quantitative estimate of drug-likeness (QED) is 0.826. The number of ether oxygens (including phenoxy) is 1. The number of alkyl carbamates (subject to hydrolysis) is 1. The van der Waals surface area contributed by atoms with Crippen LogP contribution < -0.4 is 5.32 Å². The molecule has 1 fully saturated rings. The third-order valence-electron chi connectivity index (χ3n) is 4.01. The fraction of sp³-hybridized carbons (Fsp3) is 0.579. The molecule has 1 aliphatic rings. The van der Waals surface area contributed by atoms with E-state index in [4.69, 9.17) is 16.3 Å². The van der Waals surface area contributed by atoms with Gasteiger partial charge in [0.05, 0.1) is 0 Å². The SMILES string of the molecule is CC(NC(=O)OC(C)(C)C)C(=O)N1CCSC(c2ccccc2Cl)CC1. The van der Waals surface area contributed by atoms with Gasteiger partial charge in [-0.15, -0.1) is 0 Å². The van der Waals surface area contributed by atoms with E-state index in [1.54, 1.807) is 27.7 Å². The maximum Gasteiger partial charge on any atom is 0.408 e. The first-order valence-electron chi connectivity index (χ1n) is 8.81. The lowest BCUT2D eigenvalue weighted by atomic mass is 10.1. The molecule has 0 saturated carbocycles. The minimum Gasteiger partial charge on any atom is -0.444 e. The molecule has 2 rings (SSSR count). The molecule has 2 atom stereocenters. The van der Waals surface area contributed by atoms with Crippen molar-refractivity contribution >= 4 is 35.4 Å². The van der Waals surface area contributed by atoms with Crippen molar-refractivity contribution in [3.63, 3.8) is 0 Å². The molecule has 0 spiro atoms. The minimum absolute atomic E-state index is 0.0868. The minimum atomic E-state index is -0.619. The smallest absolute Gasteiger partial charge is 0.408 e. The highest BCUT2D eigenvalue weighted by Gasteiger charge is 2.27. The second-order valence-corrected chi connectivity index (χ2v) is 9.08. The third kappa shape index (κ3) is 6.09. The molecule has 144 valence electrons. The Kier molecular flexibility index (Phi) is 7.24. The normalized spacial score (nSPS) is 19.4. The Morgan fingerprint density at radius 2 is 2.00 bits per heavy atom. The van der Waals surface area contributed by atoms with Crippen LogP contribution in [0.4, 0.5) is 4.79 Å². The molecule has 0 aliphatic carbocycles. The predicted molar refractivity (Wildman–Crippen MR) is 107 cm³/mol. The number of nitrogens with one attached hydrogen (secondary N) is 1. The number of nitrogens with zero attached hydrogens (tertiary/aromatic N) is 1. The number of hydrogen-bond acceptors (Lipinski definition) is 4. The standard InChI is InChI=1S/C19H27ClN2O3S/c1-13(21-18(24)25-19(2,3)4)17(23)22-10-9-16(26-12-11-22)14-7-5-6-8-15(14)20/h5-8,13,16H,9-12H2,1-4H3,(H,21,24). The maximum absolute atomic E-state index is 12.7. The van der Waals surface area contributed by atoms with Crippen LogP contribution in [0.2, 0.25) is 5.02 Å². The summed E-state index contributed by atoms with van der Waals surface area (Å²) in [5.41, 5.74) is 0.530. The number of benzene rings is 1. The van der Waals surface area contributed by atoms with Gasteiger partial charge in [-0.25, -0.2) is 4.79 Å². The Hall–Kier alpha value is -1.40. The van der Waals surface area contributed by atoms with E-state index in [0.717, 1.165) is 22.8 Å². The van der Waals surface area contributed by atoms with Crippen LogP contribution in [0.1, 0.15) is 44.9 Å². The van der Waals surface area contributed by atoms with Crippen LogP contribution in [0.3, 0.4) is 0 Å². The van der Waals surface area contributed by atoms with Crippen molar-refractivity contribution in [3.05, 3.63) is 34.9 Å². The second kappa shape index (κ2) is 9.00. The number of carbonyl (C=O) groups excluding carboxylic acids is 2. The first-order valence-corrected chi connectivity index (χ1v) is 10.2. The van der Waals surface area contributed by atoms with E-state index in [1.807, 2.05) is 40.9 Å². The van der Waals surface area contributed by atoms with Crippen LogP contribution in [-0.2, 0) is 9.53 Å². The van der Waals surface area contributed by atoms with Crippen LogP contribution in [0.5, 0.6) is 0 Å². The Morgan fingerprint density at radius 1 is 1.31 bits per heavy atom. The summed E-state index contributed by atoms with van der Waals surface area (Å²) in [6.45, 7) is 8.36. The monoisotopic (exact) mass is 398 g/mol. The van der Waals surface area contributed by atoms with E-state index < -0.39 is 17.7 Å². The van der Waals surface area contributed by atoms with E-state index in [9.17, 15) is 9.59 Å². The fourth-order valence-corrected chi connectivity index (χ4v) is 4.39. The highest BCUT2D eigenvalue weighted by molar-refractivity contribution is 7.99. The number of halogens is 1. The summed E-state index contributed by atoms with van der Waals surface area (Å²) < 4.78 is 5.22. The molecule has 26 heavy (non-hydrogen) atoms. The molecule has 1 aromatic carbocycles. The van der Waals surface area contributed by atoms with Gasteiger partial charge in [-0.3, -0.25) is 4.79 Å². The summed E-state index contributed by atoms with van der Waals surface area (Å²) in [6.07, 6.45) is 0.260. The molecular formula is C19H27ClN2O3S. The Balaban J connectivity index is 1.92. The number of thioether (sulfide) groups is 1. The number of hydrogen-bond donors (Lipinski definition) is 1. The summed E-state index contributed by atoms with van der Waals surface area (Å²) in [6, 6.07) is 7.24. The molecule has 1 heterocycles. The zero-order valence-corrected chi connectivity index (χ0v) is 17.3. The first-order chi connectivity index (χ1) is 12.2. The molecule has 0 radical (unpaired) electrons. The topological polar surface area (TPSA) is 58.6 Å². The third-order valence-corrected chi connectivity index (χ3v) is 5.66. The average Bonchev–Trinajstić information content (AvgIpc) is 2.78. The highest BCUT2D eigenvalue weighted by atomic mass is 35.5. The van der Waals surface area contributed by atoms with E-state index in [-0.39, 0.29) is 11.2 Å². The summed E-state index contributed by atoms with van der Waals surface area (Å²) in [5.74, 6) is 0.747. The predicted octanol–water partition coefficient (Wildman–Crippen LogP) is 4.26. The van der Waals surface area contributed by atoms with Gasteiger partial charge in [-0.05, 0) is 45.7 Å². The molecule has 2 unspecified atom stereocenters. The Morgan fingerprint density at radius 3 is 2.65 bits per heavy atom. The van der Waals surface area contributed by atoms with Gasteiger partial charge in [0.1, 0.15) is 11.6 Å². The molecule has 1 N–H and O–H groups in total. The zero-order valence-electron chi connectivity index (χ0n) is 15.8. The summed E-state index contributed by atoms with van der Waals surface area (Å²) in [5, 5.41) is 3.67. The van der Waals surface area contributed by atoms with Gasteiger partial charge in [-0.1, -0.05) is 29.8 Å². The van der Waals surface area contributed by atoms with Gasteiger partial charge in [0.2, 0.25) is 5.91 Å². The van der Waals surface area contributed by atoms with Crippen molar-refractivity contribution in [1.29, 1.82) is 0 Å². The molecule has 2 amide bonds. The lowest BCUT2D eigenvalue weighted by Gasteiger charge is -2.26. The van der Waals surface area contributed by atoms with Crippen LogP contribution in [0, 0.1) is 0 Å². The van der Waals surface area contributed by atoms with Crippen molar-refractivity contribution in [2.24, 2.45) is 0 Å². The van der Waals surface area contributed by atoms with Crippen LogP contribution in [0.15, 0.2) is 24.3 Å². The van der Waals surface area contributed by atoms with Gasteiger partial charge in [0.15, 0.2) is 0 Å². The summed E-state index contributed by atoms with van der Waals surface area (Å²) in [4.78, 5) is 26.4. The van der Waals surface area contributed by atoms with Crippen LogP contribution in [0.25, 0.3) is 0 Å². The molecule has 5 nitrogen and oxygen atoms in total. The van der Waals surface area contributed by atoms with E-state index in [1.165, 1.54) is 0 Å². The van der Waals surface area contributed by atoms with Crippen molar-refractivity contribution in [1.82, 2.24) is 10.2 Å². The number of rotatable bonds is 3.